The van der Waals surface area contributed by atoms with Gasteiger partial charge in [0.1, 0.15) is 18.2 Å². The summed E-state index contributed by atoms with van der Waals surface area (Å²) in [5.41, 5.74) is -0.625. The molecule has 0 saturated carbocycles. The van der Waals surface area contributed by atoms with Crippen molar-refractivity contribution < 1.29 is 26.8 Å². The molecule has 8 nitrogen and oxygen atoms in total. The first kappa shape index (κ1) is 22.6. The number of thioether (sulfide) groups is 1. The average molecular weight is 480 g/mol. The van der Waals surface area contributed by atoms with Crippen molar-refractivity contribution in [3.05, 3.63) is 71.6 Å². The van der Waals surface area contributed by atoms with Crippen LogP contribution in [0.3, 0.4) is 0 Å². The van der Waals surface area contributed by atoms with Crippen LogP contribution in [0, 0.1) is 5.82 Å². The summed E-state index contributed by atoms with van der Waals surface area (Å²) in [5, 5.41) is 11.7. The fraction of sp³-hybridized carbons (Fsp3) is 0.200. The van der Waals surface area contributed by atoms with E-state index in [0.29, 0.717) is 16.7 Å². The van der Waals surface area contributed by atoms with Gasteiger partial charge in [-0.05, 0) is 43.3 Å². The molecule has 2 aromatic heterocycles. The molecule has 4 aromatic rings. The van der Waals surface area contributed by atoms with E-state index in [0.717, 1.165) is 12.1 Å². The van der Waals surface area contributed by atoms with Crippen molar-refractivity contribution >= 4 is 11.8 Å². The predicted octanol–water partition coefficient (Wildman–Crippen LogP) is 4.63. The number of rotatable bonds is 7. The SMILES string of the molecule is CC(Sc1nnc(COc2ccc(F)cc2)n1N)c1nc(-c2cccc(C(F)(F)F)c2)no1. The second-order valence-electron chi connectivity index (χ2n) is 6.81. The number of alkyl halides is 3. The fourth-order valence-corrected chi connectivity index (χ4v) is 3.55. The number of nitrogen functional groups attached to an aromatic ring is 1. The smallest absolute Gasteiger partial charge is 0.416 e. The first-order valence-electron chi connectivity index (χ1n) is 9.46. The summed E-state index contributed by atoms with van der Waals surface area (Å²) in [6, 6.07) is 10.1. The molecule has 0 aliphatic heterocycles. The van der Waals surface area contributed by atoms with Gasteiger partial charge < -0.3 is 15.1 Å². The second kappa shape index (κ2) is 9.10. The zero-order valence-corrected chi connectivity index (χ0v) is 17.8. The molecule has 2 heterocycles. The van der Waals surface area contributed by atoms with Crippen LogP contribution in [-0.2, 0) is 12.8 Å². The van der Waals surface area contributed by atoms with Crippen LogP contribution >= 0.6 is 11.8 Å². The highest BCUT2D eigenvalue weighted by Gasteiger charge is 2.31. The molecular formula is C20H16F4N6O2S. The van der Waals surface area contributed by atoms with E-state index >= 15 is 0 Å². The first-order chi connectivity index (χ1) is 15.7. The number of nitrogens with zero attached hydrogens (tertiary/aromatic N) is 5. The van der Waals surface area contributed by atoms with Gasteiger partial charge in [-0.1, -0.05) is 29.1 Å². The Labute approximate surface area is 188 Å². The van der Waals surface area contributed by atoms with Gasteiger partial charge in [-0.2, -0.15) is 18.2 Å². The van der Waals surface area contributed by atoms with Crippen molar-refractivity contribution in [2.24, 2.45) is 0 Å². The van der Waals surface area contributed by atoms with Gasteiger partial charge in [-0.3, -0.25) is 0 Å². The molecule has 0 amide bonds. The van der Waals surface area contributed by atoms with Crippen LogP contribution in [0.25, 0.3) is 11.4 Å². The monoisotopic (exact) mass is 480 g/mol. The van der Waals surface area contributed by atoms with E-state index in [1.807, 2.05) is 0 Å². The van der Waals surface area contributed by atoms with E-state index in [-0.39, 0.29) is 29.7 Å². The molecule has 2 aromatic carbocycles. The summed E-state index contributed by atoms with van der Waals surface area (Å²) >= 11 is 1.17. The van der Waals surface area contributed by atoms with Gasteiger partial charge >= 0.3 is 6.18 Å². The fourth-order valence-electron chi connectivity index (χ4n) is 2.73. The molecule has 0 bridgehead atoms. The number of halogens is 4. The molecule has 33 heavy (non-hydrogen) atoms. The highest BCUT2D eigenvalue weighted by Crippen LogP contribution is 2.35. The third-order valence-electron chi connectivity index (χ3n) is 4.44. The minimum absolute atomic E-state index is 0.00429. The molecule has 1 atom stereocenters. The molecule has 172 valence electrons. The maximum atomic E-state index is 13.0. The molecule has 0 aliphatic rings. The number of hydrogen-bond acceptors (Lipinski definition) is 8. The lowest BCUT2D eigenvalue weighted by atomic mass is 10.1. The molecule has 0 fully saturated rings. The Bertz CT molecular complexity index is 1240. The van der Waals surface area contributed by atoms with Crippen molar-refractivity contribution in [2.75, 3.05) is 5.84 Å². The van der Waals surface area contributed by atoms with Crippen molar-refractivity contribution in [2.45, 2.75) is 30.1 Å². The van der Waals surface area contributed by atoms with E-state index in [4.69, 9.17) is 15.1 Å². The van der Waals surface area contributed by atoms with E-state index in [1.165, 1.54) is 52.8 Å². The van der Waals surface area contributed by atoms with Crippen molar-refractivity contribution in [3.8, 4) is 17.1 Å². The zero-order chi connectivity index (χ0) is 23.6. The van der Waals surface area contributed by atoms with Crippen LogP contribution in [0.15, 0.2) is 58.2 Å². The third-order valence-corrected chi connectivity index (χ3v) is 5.48. The van der Waals surface area contributed by atoms with Crippen LogP contribution in [-0.4, -0.2) is 25.0 Å². The lowest BCUT2D eigenvalue weighted by Gasteiger charge is -2.08. The maximum absolute atomic E-state index is 13.0. The molecule has 1 unspecified atom stereocenters. The predicted molar refractivity (Wildman–Crippen MR) is 110 cm³/mol. The molecule has 0 spiro atoms. The van der Waals surface area contributed by atoms with E-state index in [2.05, 4.69) is 20.3 Å². The van der Waals surface area contributed by atoms with Gasteiger partial charge in [-0.25, -0.2) is 9.07 Å². The van der Waals surface area contributed by atoms with Crippen LogP contribution in [0.4, 0.5) is 17.6 Å². The summed E-state index contributed by atoms with van der Waals surface area (Å²) < 4.78 is 63.8. The van der Waals surface area contributed by atoms with E-state index < -0.39 is 17.0 Å². The van der Waals surface area contributed by atoms with Crippen LogP contribution < -0.4 is 10.6 Å². The highest BCUT2D eigenvalue weighted by atomic mass is 32.2. The number of benzene rings is 2. The van der Waals surface area contributed by atoms with Gasteiger partial charge in [0.2, 0.25) is 16.9 Å². The standard InChI is InChI=1S/C20H16F4N6O2S/c1-11(18-26-17(29-32-18)12-3-2-4-13(9-12)20(22,23)24)33-19-28-27-16(30(19)25)10-31-15-7-5-14(21)6-8-15/h2-9,11H,10,25H2,1H3. The number of hydrogen-bond donors (Lipinski definition) is 1. The third kappa shape index (κ3) is 5.25. The van der Waals surface area contributed by atoms with Crippen LogP contribution in [0.5, 0.6) is 5.75 Å². The highest BCUT2D eigenvalue weighted by molar-refractivity contribution is 7.99. The Kier molecular flexibility index (Phi) is 6.22. The summed E-state index contributed by atoms with van der Waals surface area (Å²) in [5.74, 6) is 6.63. The van der Waals surface area contributed by atoms with Crippen molar-refractivity contribution in [1.82, 2.24) is 25.0 Å². The minimum Gasteiger partial charge on any atom is -0.486 e. The Hall–Kier alpha value is -3.61. The molecule has 0 radical (unpaired) electrons. The quantitative estimate of drug-likeness (QED) is 0.232. The summed E-state index contributed by atoms with van der Waals surface area (Å²) in [6.07, 6.45) is -4.48. The molecule has 13 heteroatoms. The lowest BCUT2D eigenvalue weighted by molar-refractivity contribution is -0.137. The summed E-state index contributed by atoms with van der Waals surface area (Å²) in [6.45, 7) is 1.75. The minimum atomic E-state index is -4.48. The maximum Gasteiger partial charge on any atom is 0.416 e. The van der Waals surface area contributed by atoms with Gasteiger partial charge in [0.25, 0.3) is 0 Å². The van der Waals surface area contributed by atoms with Gasteiger partial charge in [-0.15, -0.1) is 10.2 Å². The van der Waals surface area contributed by atoms with E-state index in [9.17, 15) is 17.6 Å². The average Bonchev–Trinajstić information content (AvgIpc) is 3.41. The Morgan fingerprint density at radius 1 is 1.15 bits per heavy atom. The normalized spacial score (nSPS) is 12.6. The second-order valence-corrected chi connectivity index (χ2v) is 8.11. The Morgan fingerprint density at radius 3 is 2.64 bits per heavy atom. The lowest BCUT2D eigenvalue weighted by Crippen LogP contribution is -2.16. The van der Waals surface area contributed by atoms with Gasteiger partial charge in [0.15, 0.2) is 5.82 Å². The topological polar surface area (TPSA) is 105 Å². The zero-order valence-electron chi connectivity index (χ0n) is 17.0. The van der Waals surface area contributed by atoms with Crippen molar-refractivity contribution in [3.63, 3.8) is 0 Å². The number of aromatic nitrogens is 5. The van der Waals surface area contributed by atoms with Crippen LogP contribution in [0.1, 0.15) is 29.5 Å². The number of ether oxygens (including phenoxy) is 1. The first-order valence-corrected chi connectivity index (χ1v) is 10.3. The molecule has 2 N–H and O–H groups in total. The van der Waals surface area contributed by atoms with Crippen molar-refractivity contribution in [1.29, 1.82) is 0 Å². The Morgan fingerprint density at radius 2 is 1.91 bits per heavy atom. The summed E-state index contributed by atoms with van der Waals surface area (Å²) in [7, 11) is 0. The molecular weight excluding hydrogens is 464 g/mol. The largest absolute Gasteiger partial charge is 0.486 e. The molecule has 4 rings (SSSR count). The number of nitrogens with two attached hydrogens (primary N) is 1. The Balaban J connectivity index is 1.43. The molecule has 0 aliphatic carbocycles. The molecule has 0 saturated heterocycles. The summed E-state index contributed by atoms with van der Waals surface area (Å²) in [4.78, 5) is 4.20. The van der Waals surface area contributed by atoms with Gasteiger partial charge in [0.05, 0.1) is 10.8 Å². The van der Waals surface area contributed by atoms with Gasteiger partial charge in [0, 0.05) is 5.56 Å². The van der Waals surface area contributed by atoms with E-state index in [1.54, 1.807) is 6.92 Å². The van der Waals surface area contributed by atoms with Crippen LogP contribution in [0.2, 0.25) is 0 Å².